The van der Waals surface area contributed by atoms with Crippen molar-refractivity contribution in [2.24, 2.45) is 23.7 Å². The average molecular weight is 706 g/mol. The molecule has 3 aromatic carbocycles. The molecule has 2 amide bonds. The van der Waals surface area contributed by atoms with Gasteiger partial charge < -0.3 is 30.4 Å². The molecule has 4 bridgehead atoms. The van der Waals surface area contributed by atoms with Crippen molar-refractivity contribution in [3.8, 4) is 11.1 Å². The van der Waals surface area contributed by atoms with Crippen molar-refractivity contribution in [2.45, 2.75) is 87.7 Å². The zero-order valence-corrected chi connectivity index (χ0v) is 29.9. The van der Waals surface area contributed by atoms with Crippen molar-refractivity contribution in [2.75, 3.05) is 5.75 Å². The number of carbonyl (C=O) groups excluding carboxylic acids is 1. The van der Waals surface area contributed by atoms with Crippen molar-refractivity contribution in [3.63, 3.8) is 0 Å². The van der Waals surface area contributed by atoms with Crippen molar-refractivity contribution < 1.29 is 24.1 Å². The molecule has 4 atom stereocenters. The van der Waals surface area contributed by atoms with Crippen LogP contribution in [0.5, 0.6) is 0 Å². The molecule has 1 saturated heterocycles. The highest BCUT2D eigenvalue weighted by Gasteiger charge is 2.51. The van der Waals surface area contributed by atoms with Crippen LogP contribution in [0.1, 0.15) is 80.1 Å². The molecule has 5 fully saturated rings. The summed E-state index contributed by atoms with van der Waals surface area (Å²) in [6.07, 6.45) is 7.99. The highest BCUT2D eigenvalue weighted by molar-refractivity contribution is 7.99. The van der Waals surface area contributed by atoms with E-state index in [2.05, 4.69) is 60.0 Å². The number of pyridine rings is 1. The second kappa shape index (κ2) is 14.6. The third-order valence-corrected chi connectivity index (χ3v) is 12.7. The Morgan fingerprint density at radius 1 is 0.863 bits per heavy atom. The number of urea groups is 1. The maximum atomic E-state index is 13.1. The second-order valence-corrected chi connectivity index (χ2v) is 16.4. The molecular formula is C42H47N3O5S. The molecule has 9 heteroatoms. The van der Waals surface area contributed by atoms with Crippen LogP contribution in [0.15, 0.2) is 102 Å². The third kappa shape index (κ3) is 7.54. The molecule has 4 aliphatic carbocycles. The lowest BCUT2D eigenvalue weighted by Gasteiger charge is -2.56. The lowest BCUT2D eigenvalue weighted by atomic mass is 9.53. The number of amides is 2. The van der Waals surface area contributed by atoms with E-state index in [0.29, 0.717) is 17.3 Å². The predicted octanol–water partition coefficient (Wildman–Crippen LogP) is 7.83. The van der Waals surface area contributed by atoms with E-state index in [9.17, 15) is 15.1 Å². The minimum Gasteiger partial charge on any atom is -0.618 e. The fourth-order valence-corrected chi connectivity index (χ4v) is 10.5. The number of benzene rings is 3. The molecule has 1 aliphatic heterocycles. The molecule has 2 heterocycles. The standard InChI is InChI=1S/C42H47N3O5S/c1-27-37(26-51-38-7-2-3-16-45(38)48)49-40(50-39(27)34-10-8-28(25-46)9-11-34)35-14-12-33(13-15-35)36-6-4-5-29(20-36)24-43-41(47)44-42-21-30-17-31(22-42)19-32(18-30)23-42/h2-16,20,27,30-32,37,39-40,46H,17-19,21-26H2,1H3,(H2,43,44,47). The zero-order valence-electron chi connectivity index (χ0n) is 29.1. The van der Waals surface area contributed by atoms with Crippen LogP contribution in [0.2, 0.25) is 0 Å². The first-order chi connectivity index (χ1) is 24.8. The van der Waals surface area contributed by atoms with Crippen LogP contribution < -0.4 is 15.4 Å². The number of aromatic nitrogens is 1. The van der Waals surface area contributed by atoms with Crippen LogP contribution in [0.4, 0.5) is 4.79 Å². The number of hydrogen-bond donors (Lipinski definition) is 3. The van der Waals surface area contributed by atoms with Crippen molar-refractivity contribution in [3.05, 3.63) is 125 Å². The first-order valence-electron chi connectivity index (χ1n) is 18.4. The fraction of sp³-hybridized carbons (Fsp3) is 0.429. The normalized spacial score (nSPS) is 29.5. The molecule has 266 valence electrons. The molecule has 1 aromatic heterocycles. The zero-order chi connectivity index (χ0) is 35.0. The van der Waals surface area contributed by atoms with Gasteiger partial charge in [0.1, 0.15) is 0 Å². The quantitative estimate of drug-likeness (QED) is 0.0883. The first-order valence-corrected chi connectivity index (χ1v) is 19.4. The number of aliphatic hydroxyl groups is 1. The van der Waals surface area contributed by atoms with E-state index in [-0.39, 0.29) is 36.3 Å². The van der Waals surface area contributed by atoms with Crippen LogP contribution in [0.25, 0.3) is 11.1 Å². The van der Waals surface area contributed by atoms with Gasteiger partial charge >= 0.3 is 6.03 Å². The number of rotatable bonds is 10. The first kappa shape index (κ1) is 34.2. The Hall–Kier alpha value is -3.89. The summed E-state index contributed by atoms with van der Waals surface area (Å²) >= 11 is 1.49. The van der Waals surface area contributed by atoms with Gasteiger partial charge in [-0.05, 0) is 96.2 Å². The minimum atomic E-state index is -0.596. The lowest BCUT2D eigenvalue weighted by molar-refractivity contribution is -0.645. The van der Waals surface area contributed by atoms with E-state index >= 15 is 0 Å². The van der Waals surface area contributed by atoms with Gasteiger partial charge in [0.15, 0.2) is 12.5 Å². The molecule has 5 aliphatic rings. The summed E-state index contributed by atoms with van der Waals surface area (Å²) in [5, 5.41) is 29.1. The van der Waals surface area contributed by atoms with E-state index in [1.165, 1.54) is 37.2 Å². The summed E-state index contributed by atoms with van der Waals surface area (Å²) in [6, 6.07) is 29.9. The lowest BCUT2D eigenvalue weighted by Crippen LogP contribution is -2.61. The molecule has 0 spiro atoms. The fourth-order valence-electron chi connectivity index (χ4n) is 9.43. The van der Waals surface area contributed by atoms with Crippen LogP contribution in [0, 0.1) is 28.9 Å². The molecule has 4 saturated carbocycles. The van der Waals surface area contributed by atoms with Gasteiger partial charge in [-0.15, -0.1) is 0 Å². The van der Waals surface area contributed by atoms with Gasteiger partial charge in [0.05, 0.1) is 18.8 Å². The number of hydrogen-bond acceptors (Lipinski definition) is 6. The molecule has 0 radical (unpaired) electrons. The van der Waals surface area contributed by atoms with Crippen LogP contribution >= 0.6 is 11.8 Å². The van der Waals surface area contributed by atoms with Gasteiger partial charge in [0, 0.05) is 41.5 Å². The van der Waals surface area contributed by atoms with Crippen molar-refractivity contribution in [1.82, 2.24) is 10.6 Å². The summed E-state index contributed by atoms with van der Waals surface area (Å²) in [6.45, 7) is 2.59. The van der Waals surface area contributed by atoms with E-state index in [1.807, 2.05) is 42.5 Å². The number of nitrogens with one attached hydrogen (secondary N) is 2. The summed E-state index contributed by atoms with van der Waals surface area (Å²) < 4.78 is 14.1. The maximum absolute atomic E-state index is 13.1. The highest BCUT2D eigenvalue weighted by Crippen LogP contribution is 2.55. The topological polar surface area (TPSA) is 107 Å². The molecular weight excluding hydrogens is 659 g/mol. The van der Waals surface area contributed by atoms with Crippen molar-refractivity contribution in [1.29, 1.82) is 0 Å². The Balaban J connectivity index is 0.939. The Kier molecular flexibility index (Phi) is 9.81. The van der Waals surface area contributed by atoms with Gasteiger partial charge in [0.2, 0.25) is 0 Å². The summed E-state index contributed by atoms with van der Waals surface area (Å²) in [5.41, 5.74) is 5.98. The Labute approximate surface area is 304 Å². The summed E-state index contributed by atoms with van der Waals surface area (Å²) in [4.78, 5) is 13.1. The SMILES string of the molecule is CC1C(CSc2cccc[n+]2[O-])OC(c2ccc(-c3cccc(CNC(=O)NC45CC6CC(CC(C6)C4)C5)c3)cc2)OC1c1ccc(CO)cc1. The molecule has 3 N–H and O–H groups in total. The van der Waals surface area contributed by atoms with Crippen LogP contribution in [-0.4, -0.2) is 28.5 Å². The van der Waals surface area contributed by atoms with E-state index < -0.39 is 6.29 Å². The number of thioether (sulfide) groups is 1. The number of carbonyl (C=O) groups is 1. The smallest absolute Gasteiger partial charge is 0.315 e. The predicted molar refractivity (Wildman–Crippen MR) is 197 cm³/mol. The number of ether oxygens (including phenoxy) is 2. The monoisotopic (exact) mass is 705 g/mol. The molecule has 4 aromatic rings. The van der Waals surface area contributed by atoms with E-state index in [4.69, 9.17) is 9.47 Å². The molecule has 51 heavy (non-hydrogen) atoms. The largest absolute Gasteiger partial charge is 0.618 e. The summed E-state index contributed by atoms with van der Waals surface area (Å²) in [7, 11) is 0. The summed E-state index contributed by atoms with van der Waals surface area (Å²) in [5.74, 6) is 2.98. The van der Waals surface area contributed by atoms with Crippen LogP contribution in [0.3, 0.4) is 0 Å². The third-order valence-electron chi connectivity index (χ3n) is 11.6. The number of aliphatic hydroxyl groups excluding tert-OH is 1. The average Bonchev–Trinajstić information content (AvgIpc) is 3.14. The van der Waals surface area contributed by atoms with Crippen molar-refractivity contribution >= 4 is 17.8 Å². The van der Waals surface area contributed by atoms with Gasteiger partial charge in [-0.3, -0.25) is 0 Å². The second-order valence-electron chi connectivity index (χ2n) is 15.3. The Morgan fingerprint density at radius 3 is 2.25 bits per heavy atom. The minimum absolute atomic E-state index is 0.00293. The molecule has 4 unspecified atom stereocenters. The highest BCUT2D eigenvalue weighted by atomic mass is 32.2. The maximum Gasteiger partial charge on any atom is 0.315 e. The van der Waals surface area contributed by atoms with E-state index in [1.54, 1.807) is 6.07 Å². The van der Waals surface area contributed by atoms with Gasteiger partial charge in [-0.1, -0.05) is 85.4 Å². The molecule has 9 rings (SSSR count). The van der Waals surface area contributed by atoms with Gasteiger partial charge in [-0.25, -0.2) is 4.79 Å². The van der Waals surface area contributed by atoms with Gasteiger partial charge in [0.25, 0.3) is 5.03 Å². The van der Waals surface area contributed by atoms with Crippen LogP contribution in [-0.2, 0) is 22.6 Å². The Morgan fingerprint density at radius 2 is 1.57 bits per heavy atom. The molecule has 8 nitrogen and oxygen atoms in total. The van der Waals surface area contributed by atoms with E-state index in [0.717, 1.165) is 75.1 Å². The Bertz CT molecular complexity index is 1800. The van der Waals surface area contributed by atoms with Gasteiger partial charge in [-0.2, -0.15) is 4.73 Å². The number of nitrogens with zero attached hydrogens (tertiary/aromatic N) is 1.